The number of ether oxygens (including phenoxy) is 2. The van der Waals surface area contributed by atoms with Gasteiger partial charge in [-0.05, 0) is 32.1 Å². The average molecular weight is 229 g/mol. The van der Waals surface area contributed by atoms with E-state index in [1.807, 2.05) is 0 Å². The second-order valence-corrected chi connectivity index (χ2v) is 4.43. The molecule has 4 heteroatoms. The van der Waals surface area contributed by atoms with Gasteiger partial charge in [-0.15, -0.1) is 0 Å². The highest BCUT2D eigenvalue weighted by atomic mass is 16.6. The lowest BCUT2D eigenvalue weighted by molar-refractivity contribution is -0.151. The lowest BCUT2D eigenvalue weighted by Gasteiger charge is -2.26. The maximum atomic E-state index is 11.3. The van der Waals surface area contributed by atoms with Crippen LogP contribution in [0.1, 0.15) is 45.4 Å². The van der Waals surface area contributed by atoms with Gasteiger partial charge in [0.25, 0.3) is 0 Å². The first-order valence-electron chi connectivity index (χ1n) is 6.25. The van der Waals surface area contributed by atoms with Gasteiger partial charge in [-0.1, -0.05) is 13.3 Å². The monoisotopic (exact) mass is 229 g/mol. The first kappa shape index (κ1) is 13.5. The van der Waals surface area contributed by atoms with Crippen molar-refractivity contribution in [3.63, 3.8) is 0 Å². The standard InChI is InChI=1S/C12H23NO3/c1-2-3-7-15-12(14)9-16-11-6-4-5-10(13)8-11/h10-11H,2-9,13H2,1H3. The van der Waals surface area contributed by atoms with Crippen LogP contribution in [-0.2, 0) is 14.3 Å². The van der Waals surface area contributed by atoms with Gasteiger partial charge < -0.3 is 15.2 Å². The number of carbonyl (C=O) groups excluding carboxylic acids is 1. The molecule has 1 aliphatic rings. The number of hydrogen-bond donors (Lipinski definition) is 1. The van der Waals surface area contributed by atoms with Crippen molar-refractivity contribution in [2.24, 2.45) is 5.73 Å². The molecule has 1 rings (SSSR count). The van der Waals surface area contributed by atoms with E-state index >= 15 is 0 Å². The van der Waals surface area contributed by atoms with E-state index in [0.717, 1.165) is 38.5 Å². The number of nitrogens with two attached hydrogens (primary N) is 1. The summed E-state index contributed by atoms with van der Waals surface area (Å²) in [5, 5.41) is 0. The number of rotatable bonds is 6. The Bertz CT molecular complexity index is 208. The molecule has 2 N–H and O–H groups in total. The zero-order valence-corrected chi connectivity index (χ0v) is 10.1. The highest BCUT2D eigenvalue weighted by Crippen LogP contribution is 2.19. The van der Waals surface area contributed by atoms with E-state index in [1.54, 1.807) is 0 Å². The molecule has 2 unspecified atom stereocenters. The summed E-state index contributed by atoms with van der Waals surface area (Å²) in [5.74, 6) is -0.257. The summed E-state index contributed by atoms with van der Waals surface area (Å²) in [6.45, 7) is 2.64. The van der Waals surface area contributed by atoms with E-state index in [1.165, 1.54) is 0 Å². The van der Waals surface area contributed by atoms with Gasteiger partial charge in [0.05, 0.1) is 12.7 Å². The minimum atomic E-state index is -0.257. The Balaban J connectivity index is 2.06. The van der Waals surface area contributed by atoms with E-state index in [4.69, 9.17) is 15.2 Å². The van der Waals surface area contributed by atoms with Crippen molar-refractivity contribution in [3.05, 3.63) is 0 Å². The van der Waals surface area contributed by atoms with E-state index < -0.39 is 0 Å². The Hall–Kier alpha value is -0.610. The van der Waals surface area contributed by atoms with Crippen LogP contribution in [0, 0.1) is 0 Å². The van der Waals surface area contributed by atoms with Crippen LogP contribution in [0.5, 0.6) is 0 Å². The molecule has 0 heterocycles. The van der Waals surface area contributed by atoms with E-state index in [9.17, 15) is 4.79 Å². The van der Waals surface area contributed by atoms with Crippen LogP contribution in [0.2, 0.25) is 0 Å². The fraction of sp³-hybridized carbons (Fsp3) is 0.917. The maximum absolute atomic E-state index is 11.3. The molecule has 4 nitrogen and oxygen atoms in total. The summed E-state index contributed by atoms with van der Waals surface area (Å²) in [6.07, 6.45) is 6.13. The van der Waals surface area contributed by atoms with Crippen LogP contribution >= 0.6 is 0 Å². The molecule has 0 aliphatic heterocycles. The number of esters is 1. The minimum Gasteiger partial charge on any atom is -0.464 e. The summed E-state index contributed by atoms with van der Waals surface area (Å²) >= 11 is 0. The predicted octanol–water partition coefficient (Wildman–Crippen LogP) is 1.62. The zero-order valence-electron chi connectivity index (χ0n) is 10.1. The first-order chi connectivity index (χ1) is 7.72. The average Bonchev–Trinajstić information content (AvgIpc) is 2.27. The van der Waals surface area contributed by atoms with Crippen molar-refractivity contribution in [1.82, 2.24) is 0 Å². The van der Waals surface area contributed by atoms with Gasteiger partial charge in [-0.3, -0.25) is 0 Å². The second-order valence-electron chi connectivity index (χ2n) is 4.43. The van der Waals surface area contributed by atoms with Gasteiger partial charge in [0.1, 0.15) is 6.61 Å². The van der Waals surface area contributed by atoms with Crippen molar-refractivity contribution in [2.45, 2.75) is 57.6 Å². The molecular formula is C12H23NO3. The van der Waals surface area contributed by atoms with E-state index in [0.29, 0.717) is 6.61 Å². The van der Waals surface area contributed by atoms with Crippen LogP contribution in [0.15, 0.2) is 0 Å². The molecule has 94 valence electrons. The largest absolute Gasteiger partial charge is 0.464 e. The summed E-state index contributed by atoms with van der Waals surface area (Å²) in [7, 11) is 0. The van der Waals surface area contributed by atoms with Crippen molar-refractivity contribution in [1.29, 1.82) is 0 Å². The van der Waals surface area contributed by atoms with Gasteiger partial charge >= 0.3 is 5.97 Å². The lowest BCUT2D eigenvalue weighted by atomic mass is 9.94. The summed E-state index contributed by atoms with van der Waals surface area (Å²) < 4.78 is 10.5. The van der Waals surface area contributed by atoms with Gasteiger partial charge in [0.2, 0.25) is 0 Å². The van der Waals surface area contributed by atoms with Crippen molar-refractivity contribution >= 4 is 5.97 Å². The summed E-state index contributed by atoms with van der Waals surface area (Å²) in [6, 6.07) is 0.231. The Morgan fingerprint density at radius 2 is 2.25 bits per heavy atom. The fourth-order valence-corrected chi connectivity index (χ4v) is 1.89. The number of unbranched alkanes of at least 4 members (excludes halogenated alkanes) is 1. The Morgan fingerprint density at radius 1 is 1.44 bits per heavy atom. The fourth-order valence-electron chi connectivity index (χ4n) is 1.89. The lowest BCUT2D eigenvalue weighted by Crippen LogP contribution is -2.33. The SMILES string of the molecule is CCCCOC(=O)COC1CCCC(N)C1. The Morgan fingerprint density at radius 3 is 2.94 bits per heavy atom. The van der Waals surface area contributed by atoms with Crippen LogP contribution in [-0.4, -0.2) is 31.3 Å². The third-order valence-corrected chi connectivity index (χ3v) is 2.86. The van der Waals surface area contributed by atoms with Crippen LogP contribution in [0.4, 0.5) is 0 Å². The normalized spacial score (nSPS) is 25.4. The zero-order chi connectivity index (χ0) is 11.8. The molecule has 0 aromatic carbocycles. The summed E-state index contributed by atoms with van der Waals surface area (Å²) in [4.78, 5) is 11.3. The Kier molecular flexibility index (Phi) is 6.42. The highest BCUT2D eigenvalue weighted by molar-refractivity contribution is 5.70. The van der Waals surface area contributed by atoms with Gasteiger partial charge in [0.15, 0.2) is 0 Å². The molecule has 2 atom stereocenters. The smallest absolute Gasteiger partial charge is 0.332 e. The van der Waals surface area contributed by atoms with Crippen LogP contribution < -0.4 is 5.73 Å². The highest BCUT2D eigenvalue weighted by Gasteiger charge is 2.20. The van der Waals surface area contributed by atoms with Crippen LogP contribution in [0.25, 0.3) is 0 Å². The van der Waals surface area contributed by atoms with Gasteiger partial charge in [0, 0.05) is 6.04 Å². The molecule has 0 saturated heterocycles. The molecule has 0 amide bonds. The predicted molar refractivity (Wildman–Crippen MR) is 62.1 cm³/mol. The first-order valence-corrected chi connectivity index (χ1v) is 6.25. The molecule has 1 aliphatic carbocycles. The second kappa shape index (κ2) is 7.63. The topological polar surface area (TPSA) is 61.5 Å². The molecule has 16 heavy (non-hydrogen) atoms. The molecule has 0 bridgehead atoms. The maximum Gasteiger partial charge on any atom is 0.332 e. The number of hydrogen-bond acceptors (Lipinski definition) is 4. The van der Waals surface area contributed by atoms with Gasteiger partial charge in [-0.2, -0.15) is 0 Å². The van der Waals surface area contributed by atoms with E-state index in [-0.39, 0.29) is 24.7 Å². The van der Waals surface area contributed by atoms with Crippen molar-refractivity contribution < 1.29 is 14.3 Å². The molecule has 0 aromatic rings. The quantitative estimate of drug-likeness (QED) is 0.555. The van der Waals surface area contributed by atoms with Crippen LogP contribution in [0.3, 0.4) is 0 Å². The van der Waals surface area contributed by atoms with Gasteiger partial charge in [-0.25, -0.2) is 4.79 Å². The molecule has 1 saturated carbocycles. The minimum absolute atomic E-state index is 0.0705. The third-order valence-electron chi connectivity index (χ3n) is 2.86. The van der Waals surface area contributed by atoms with E-state index in [2.05, 4.69) is 6.92 Å². The molecule has 0 aromatic heterocycles. The molecular weight excluding hydrogens is 206 g/mol. The molecule has 1 fully saturated rings. The van der Waals surface area contributed by atoms with Crippen molar-refractivity contribution in [2.75, 3.05) is 13.2 Å². The Labute approximate surface area is 97.5 Å². The third kappa shape index (κ3) is 5.47. The molecule has 0 radical (unpaired) electrons. The number of carbonyl (C=O) groups is 1. The molecule has 0 spiro atoms. The summed E-state index contributed by atoms with van der Waals surface area (Å²) in [5.41, 5.74) is 5.83. The van der Waals surface area contributed by atoms with Crippen molar-refractivity contribution in [3.8, 4) is 0 Å².